The summed E-state index contributed by atoms with van der Waals surface area (Å²) in [4.78, 5) is 23.2. The third kappa shape index (κ3) is 2.28. The molecule has 0 bridgehead atoms. The molecule has 2 aromatic rings. The van der Waals surface area contributed by atoms with Gasteiger partial charge in [-0.3, -0.25) is 4.79 Å². The van der Waals surface area contributed by atoms with E-state index in [0.29, 0.717) is 24.0 Å². The van der Waals surface area contributed by atoms with Crippen molar-refractivity contribution in [1.29, 1.82) is 0 Å². The van der Waals surface area contributed by atoms with Crippen molar-refractivity contribution in [2.24, 2.45) is 0 Å². The zero-order chi connectivity index (χ0) is 11.4. The van der Waals surface area contributed by atoms with Crippen molar-refractivity contribution >= 4 is 5.78 Å². The van der Waals surface area contributed by atoms with Crippen molar-refractivity contribution in [1.82, 2.24) is 20.1 Å². The third-order valence-corrected chi connectivity index (χ3v) is 1.98. The van der Waals surface area contributed by atoms with Crippen molar-refractivity contribution in [3.05, 3.63) is 24.4 Å². The van der Waals surface area contributed by atoms with E-state index in [1.807, 2.05) is 0 Å². The van der Waals surface area contributed by atoms with Crippen LogP contribution in [0.5, 0.6) is 0 Å². The lowest BCUT2D eigenvalue weighted by molar-refractivity contribution is -0.118. The molecule has 2 rings (SSSR count). The second-order valence-corrected chi connectivity index (χ2v) is 3.15. The van der Waals surface area contributed by atoms with Crippen molar-refractivity contribution in [2.45, 2.75) is 19.8 Å². The molecule has 0 aliphatic rings. The molecule has 2 heterocycles. The van der Waals surface area contributed by atoms with Gasteiger partial charge in [-0.2, -0.15) is 4.98 Å². The van der Waals surface area contributed by atoms with Crippen LogP contribution in [-0.4, -0.2) is 25.9 Å². The molecule has 6 nitrogen and oxygen atoms in total. The Morgan fingerprint density at radius 2 is 2.06 bits per heavy atom. The van der Waals surface area contributed by atoms with Crippen LogP contribution in [-0.2, 0) is 11.2 Å². The zero-order valence-electron chi connectivity index (χ0n) is 8.75. The molecule has 0 radical (unpaired) electrons. The Kier molecular flexibility index (Phi) is 3.00. The summed E-state index contributed by atoms with van der Waals surface area (Å²) >= 11 is 0. The van der Waals surface area contributed by atoms with Crippen molar-refractivity contribution in [2.75, 3.05) is 0 Å². The Balaban J connectivity index is 2.17. The van der Waals surface area contributed by atoms with Gasteiger partial charge in [0.1, 0.15) is 5.78 Å². The Labute approximate surface area is 91.7 Å². The number of nitrogens with zero attached hydrogens (tertiary/aromatic N) is 4. The van der Waals surface area contributed by atoms with Gasteiger partial charge in [-0.25, -0.2) is 9.97 Å². The maximum atomic E-state index is 11.2. The van der Waals surface area contributed by atoms with Gasteiger partial charge in [-0.1, -0.05) is 12.1 Å². The van der Waals surface area contributed by atoms with Crippen LogP contribution in [0.3, 0.4) is 0 Å². The molecular formula is C10H10N4O2. The van der Waals surface area contributed by atoms with E-state index < -0.39 is 0 Å². The highest BCUT2D eigenvalue weighted by Gasteiger charge is 2.12. The average Bonchev–Trinajstić information content (AvgIpc) is 2.78. The normalized spacial score (nSPS) is 10.3. The molecule has 2 aromatic heterocycles. The lowest BCUT2D eigenvalue weighted by Crippen LogP contribution is -2.00. The minimum absolute atomic E-state index is 0.0594. The summed E-state index contributed by atoms with van der Waals surface area (Å²) in [5, 5.41) is 3.71. The number of ketones is 1. The molecule has 0 fully saturated rings. The van der Waals surface area contributed by atoms with Gasteiger partial charge in [0.15, 0.2) is 0 Å². The molecule has 0 saturated heterocycles. The molecule has 0 N–H and O–H groups in total. The zero-order valence-corrected chi connectivity index (χ0v) is 8.75. The third-order valence-electron chi connectivity index (χ3n) is 1.98. The SMILES string of the molecule is CCC(=O)Cc1nc(-c2ncccn2)no1. The first kappa shape index (κ1) is 10.4. The van der Waals surface area contributed by atoms with E-state index in [1.54, 1.807) is 25.4 Å². The van der Waals surface area contributed by atoms with Gasteiger partial charge in [0.05, 0.1) is 6.42 Å². The molecule has 0 spiro atoms. The van der Waals surface area contributed by atoms with Gasteiger partial charge in [-0.15, -0.1) is 0 Å². The number of carbonyl (C=O) groups excluding carboxylic acids is 1. The Morgan fingerprint density at radius 3 is 2.75 bits per heavy atom. The summed E-state index contributed by atoms with van der Waals surface area (Å²) in [5.74, 6) is 1.06. The molecule has 0 aliphatic heterocycles. The van der Waals surface area contributed by atoms with Crippen LogP contribution in [0.2, 0.25) is 0 Å². The molecule has 0 aliphatic carbocycles. The predicted octanol–water partition coefficient (Wildman–Crippen LogP) is 1.05. The van der Waals surface area contributed by atoms with Crippen molar-refractivity contribution < 1.29 is 9.32 Å². The first-order chi connectivity index (χ1) is 7.79. The fourth-order valence-electron chi connectivity index (χ4n) is 1.13. The van der Waals surface area contributed by atoms with Crippen molar-refractivity contribution in [3.63, 3.8) is 0 Å². The maximum Gasteiger partial charge on any atom is 0.240 e. The Bertz CT molecular complexity index is 481. The van der Waals surface area contributed by atoms with Crippen LogP contribution in [0.1, 0.15) is 19.2 Å². The first-order valence-electron chi connectivity index (χ1n) is 4.91. The lowest BCUT2D eigenvalue weighted by atomic mass is 10.2. The monoisotopic (exact) mass is 218 g/mol. The summed E-state index contributed by atoms with van der Waals surface area (Å²) in [7, 11) is 0. The largest absolute Gasteiger partial charge is 0.338 e. The van der Waals surface area contributed by atoms with Gasteiger partial charge < -0.3 is 4.52 Å². The summed E-state index contributed by atoms with van der Waals surface area (Å²) < 4.78 is 4.93. The molecule has 0 saturated carbocycles. The minimum Gasteiger partial charge on any atom is -0.338 e. The lowest BCUT2D eigenvalue weighted by Gasteiger charge is -1.89. The minimum atomic E-state index is 0.0594. The van der Waals surface area contributed by atoms with E-state index in [4.69, 9.17) is 4.52 Å². The standard InChI is InChI=1S/C10H10N4O2/c1-2-7(15)6-8-13-10(14-16-8)9-11-4-3-5-12-9/h3-5H,2,6H2,1H3. The van der Waals surface area contributed by atoms with E-state index in [1.165, 1.54) is 0 Å². The first-order valence-corrected chi connectivity index (χ1v) is 4.91. The van der Waals surface area contributed by atoms with Gasteiger partial charge in [0.25, 0.3) is 0 Å². The summed E-state index contributed by atoms with van der Waals surface area (Å²) in [5.41, 5.74) is 0. The number of hydrogen-bond donors (Lipinski definition) is 0. The second kappa shape index (κ2) is 4.61. The highest BCUT2D eigenvalue weighted by molar-refractivity contribution is 5.79. The second-order valence-electron chi connectivity index (χ2n) is 3.15. The van der Waals surface area contributed by atoms with E-state index >= 15 is 0 Å². The fraction of sp³-hybridized carbons (Fsp3) is 0.300. The highest BCUT2D eigenvalue weighted by atomic mass is 16.5. The van der Waals surface area contributed by atoms with Gasteiger partial charge in [0, 0.05) is 18.8 Å². The number of aromatic nitrogens is 4. The molecule has 6 heteroatoms. The Hall–Kier alpha value is -2.11. The van der Waals surface area contributed by atoms with Crippen LogP contribution in [0.25, 0.3) is 11.6 Å². The maximum absolute atomic E-state index is 11.2. The fourth-order valence-corrected chi connectivity index (χ4v) is 1.13. The van der Waals surface area contributed by atoms with Crippen LogP contribution in [0.15, 0.2) is 23.0 Å². The molecule has 0 amide bonds. The topological polar surface area (TPSA) is 81.8 Å². The molecule has 0 atom stereocenters. The molecular weight excluding hydrogens is 208 g/mol. The van der Waals surface area contributed by atoms with E-state index in [9.17, 15) is 4.79 Å². The molecule has 82 valence electrons. The van der Waals surface area contributed by atoms with E-state index in [-0.39, 0.29) is 12.2 Å². The number of rotatable bonds is 4. The summed E-state index contributed by atoms with van der Waals surface area (Å²) in [6, 6.07) is 1.70. The van der Waals surface area contributed by atoms with Crippen molar-refractivity contribution in [3.8, 4) is 11.6 Å². The molecule has 0 unspecified atom stereocenters. The number of Topliss-reactive ketones (excluding diaryl/α,β-unsaturated/α-hetero) is 1. The van der Waals surface area contributed by atoms with Gasteiger partial charge in [0.2, 0.25) is 17.5 Å². The Morgan fingerprint density at radius 1 is 1.31 bits per heavy atom. The quantitative estimate of drug-likeness (QED) is 0.762. The summed E-state index contributed by atoms with van der Waals surface area (Å²) in [6.45, 7) is 1.79. The average molecular weight is 218 g/mol. The number of carbonyl (C=O) groups is 1. The highest BCUT2D eigenvalue weighted by Crippen LogP contribution is 2.09. The summed E-state index contributed by atoms with van der Waals surface area (Å²) in [6.07, 6.45) is 3.81. The smallest absolute Gasteiger partial charge is 0.240 e. The van der Waals surface area contributed by atoms with Crippen LogP contribution in [0.4, 0.5) is 0 Å². The van der Waals surface area contributed by atoms with Crippen LogP contribution in [0, 0.1) is 0 Å². The molecule has 0 aromatic carbocycles. The van der Waals surface area contributed by atoms with Gasteiger partial charge in [-0.05, 0) is 6.07 Å². The molecule has 16 heavy (non-hydrogen) atoms. The van der Waals surface area contributed by atoms with Crippen LogP contribution < -0.4 is 0 Å². The van der Waals surface area contributed by atoms with E-state index in [2.05, 4.69) is 20.1 Å². The van der Waals surface area contributed by atoms with Gasteiger partial charge >= 0.3 is 0 Å². The van der Waals surface area contributed by atoms with Crippen LogP contribution >= 0.6 is 0 Å². The predicted molar refractivity (Wildman–Crippen MR) is 54.3 cm³/mol. The van der Waals surface area contributed by atoms with E-state index in [0.717, 1.165) is 0 Å². The number of hydrogen-bond acceptors (Lipinski definition) is 6.